The van der Waals surface area contributed by atoms with E-state index in [2.05, 4.69) is 19.9 Å². The normalized spacial score (nSPS) is 11.5. The molecule has 1 aromatic carbocycles. The monoisotopic (exact) mass is 330 g/mol. The van der Waals surface area contributed by atoms with Crippen LogP contribution in [0.2, 0.25) is 0 Å². The topological polar surface area (TPSA) is 98.0 Å². The van der Waals surface area contributed by atoms with Gasteiger partial charge in [-0.05, 0) is 17.7 Å². The number of hydrogen-bond acceptors (Lipinski definition) is 6. The quantitative estimate of drug-likeness (QED) is 0.739. The third-order valence-corrected chi connectivity index (χ3v) is 4.29. The van der Waals surface area contributed by atoms with Gasteiger partial charge in [-0.3, -0.25) is 4.98 Å². The molecule has 2 aromatic heterocycles. The van der Waals surface area contributed by atoms with Crippen LogP contribution in [0.4, 0.5) is 0 Å². The van der Waals surface area contributed by atoms with Crippen LogP contribution in [0.3, 0.4) is 0 Å². The van der Waals surface area contributed by atoms with E-state index in [1.807, 2.05) is 6.07 Å². The molecule has 0 aliphatic heterocycles. The molecule has 2 heterocycles. The maximum atomic E-state index is 12.0. The van der Waals surface area contributed by atoms with E-state index < -0.39 is 10.0 Å². The Morgan fingerprint density at radius 2 is 1.78 bits per heavy atom. The standard InChI is InChI=1S/C15H14N4O3S/c20-23(21,11-12-6-2-1-3-7-12)17-10-14-18-19-15(22-14)13-8-4-5-9-16-13/h1-9,17H,10-11H2. The van der Waals surface area contributed by atoms with Gasteiger partial charge in [0.15, 0.2) is 0 Å². The van der Waals surface area contributed by atoms with Crippen molar-refractivity contribution < 1.29 is 12.8 Å². The lowest BCUT2D eigenvalue weighted by Gasteiger charge is -2.04. The van der Waals surface area contributed by atoms with Crippen LogP contribution in [-0.2, 0) is 22.3 Å². The van der Waals surface area contributed by atoms with Gasteiger partial charge < -0.3 is 4.42 Å². The highest BCUT2D eigenvalue weighted by Gasteiger charge is 2.14. The lowest BCUT2D eigenvalue weighted by molar-refractivity contribution is 0.493. The molecule has 0 amide bonds. The minimum atomic E-state index is -3.48. The number of nitrogens with zero attached hydrogens (tertiary/aromatic N) is 3. The molecule has 118 valence electrons. The molecule has 0 saturated heterocycles. The predicted molar refractivity (Wildman–Crippen MR) is 83.4 cm³/mol. The summed E-state index contributed by atoms with van der Waals surface area (Å²) in [6, 6.07) is 14.2. The number of rotatable bonds is 6. The molecule has 8 heteroatoms. The van der Waals surface area contributed by atoms with Crippen molar-refractivity contribution in [3.05, 3.63) is 66.2 Å². The summed E-state index contributed by atoms with van der Waals surface area (Å²) in [7, 11) is -3.48. The molecule has 0 radical (unpaired) electrons. The summed E-state index contributed by atoms with van der Waals surface area (Å²) in [6.45, 7) is -0.0605. The van der Waals surface area contributed by atoms with Gasteiger partial charge in [-0.25, -0.2) is 13.1 Å². The van der Waals surface area contributed by atoms with E-state index >= 15 is 0 Å². The number of hydrogen-bond donors (Lipinski definition) is 1. The van der Waals surface area contributed by atoms with E-state index in [1.54, 1.807) is 48.7 Å². The number of pyridine rings is 1. The van der Waals surface area contributed by atoms with Gasteiger partial charge >= 0.3 is 0 Å². The molecule has 7 nitrogen and oxygen atoms in total. The largest absolute Gasteiger partial charge is 0.418 e. The fourth-order valence-corrected chi connectivity index (χ4v) is 3.01. The number of benzene rings is 1. The molecule has 0 saturated carbocycles. The molecule has 3 aromatic rings. The van der Waals surface area contributed by atoms with E-state index in [0.717, 1.165) is 0 Å². The van der Waals surface area contributed by atoms with Crippen molar-refractivity contribution in [1.29, 1.82) is 0 Å². The molecule has 0 atom stereocenters. The van der Waals surface area contributed by atoms with Crippen LogP contribution < -0.4 is 4.72 Å². The van der Waals surface area contributed by atoms with Crippen LogP contribution in [0.25, 0.3) is 11.6 Å². The lowest BCUT2D eigenvalue weighted by atomic mass is 10.2. The van der Waals surface area contributed by atoms with Gasteiger partial charge in [0.25, 0.3) is 5.89 Å². The highest BCUT2D eigenvalue weighted by molar-refractivity contribution is 7.88. The van der Waals surface area contributed by atoms with Crippen molar-refractivity contribution in [2.24, 2.45) is 0 Å². The molecule has 0 fully saturated rings. The number of nitrogens with one attached hydrogen (secondary N) is 1. The van der Waals surface area contributed by atoms with E-state index in [1.165, 1.54) is 0 Å². The Balaban J connectivity index is 1.63. The van der Waals surface area contributed by atoms with Gasteiger partial charge in [0.1, 0.15) is 5.69 Å². The van der Waals surface area contributed by atoms with E-state index in [4.69, 9.17) is 4.42 Å². The first-order chi connectivity index (χ1) is 11.1. The SMILES string of the molecule is O=S(=O)(Cc1ccccc1)NCc1nnc(-c2ccccn2)o1. The highest BCUT2D eigenvalue weighted by Crippen LogP contribution is 2.14. The second-order valence-electron chi connectivity index (χ2n) is 4.78. The van der Waals surface area contributed by atoms with Crippen molar-refractivity contribution in [1.82, 2.24) is 19.9 Å². The second-order valence-corrected chi connectivity index (χ2v) is 6.59. The zero-order chi connectivity index (χ0) is 16.1. The first kappa shape index (κ1) is 15.3. The van der Waals surface area contributed by atoms with Crippen LogP contribution in [0.5, 0.6) is 0 Å². The van der Waals surface area contributed by atoms with E-state index in [9.17, 15) is 8.42 Å². The van der Waals surface area contributed by atoms with Gasteiger partial charge in [-0.1, -0.05) is 36.4 Å². The van der Waals surface area contributed by atoms with Crippen LogP contribution >= 0.6 is 0 Å². The van der Waals surface area contributed by atoms with Crippen molar-refractivity contribution in [2.75, 3.05) is 0 Å². The van der Waals surface area contributed by atoms with Crippen LogP contribution in [0.1, 0.15) is 11.5 Å². The van der Waals surface area contributed by atoms with Crippen LogP contribution in [-0.4, -0.2) is 23.6 Å². The summed E-state index contributed by atoms with van der Waals surface area (Å²) in [5.41, 5.74) is 1.25. The van der Waals surface area contributed by atoms with Crippen LogP contribution in [0, 0.1) is 0 Å². The Kier molecular flexibility index (Phi) is 4.45. The number of aromatic nitrogens is 3. The summed E-state index contributed by atoms with van der Waals surface area (Å²) in [6.07, 6.45) is 1.61. The highest BCUT2D eigenvalue weighted by atomic mass is 32.2. The summed E-state index contributed by atoms with van der Waals surface area (Å²) in [5.74, 6) is 0.333. The molecular weight excluding hydrogens is 316 g/mol. The predicted octanol–water partition coefficient (Wildman–Crippen LogP) is 1.75. The average Bonchev–Trinajstić information content (AvgIpc) is 3.04. The zero-order valence-corrected chi connectivity index (χ0v) is 12.9. The molecule has 3 rings (SSSR count). The average molecular weight is 330 g/mol. The summed E-state index contributed by atoms with van der Waals surface area (Å²) >= 11 is 0. The molecular formula is C15H14N4O3S. The van der Waals surface area contributed by atoms with Gasteiger partial charge in [0.2, 0.25) is 15.9 Å². The number of sulfonamides is 1. The van der Waals surface area contributed by atoms with E-state index in [0.29, 0.717) is 11.3 Å². The first-order valence-corrected chi connectivity index (χ1v) is 8.53. The maximum Gasteiger partial charge on any atom is 0.266 e. The minimum absolute atomic E-state index is 0.0605. The van der Waals surface area contributed by atoms with Crippen molar-refractivity contribution in [2.45, 2.75) is 12.3 Å². The Bertz CT molecular complexity index is 864. The summed E-state index contributed by atoms with van der Waals surface area (Å²) in [5, 5.41) is 7.68. The Hall–Kier alpha value is -2.58. The fourth-order valence-electron chi connectivity index (χ4n) is 1.93. The Labute approximate surface area is 133 Å². The van der Waals surface area contributed by atoms with E-state index in [-0.39, 0.29) is 24.1 Å². The third kappa shape index (κ3) is 4.21. The molecule has 0 aliphatic carbocycles. The Morgan fingerprint density at radius 1 is 1.00 bits per heavy atom. The lowest BCUT2D eigenvalue weighted by Crippen LogP contribution is -2.24. The molecule has 0 aliphatic rings. The molecule has 23 heavy (non-hydrogen) atoms. The van der Waals surface area contributed by atoms with Gasteiger partial charge in [0, 0.05) is 6.20 Å². The van der Waals surface area contributed by atoms with Gasteiger partial charge in [-0.15, -0.1) is 10.2 Å². The van der Waals surface area contributed by atoms with Crippen molar-refractivity contribution in [3.8, 4) is 11.6 Å². The van der Waals surface area contributed by atoms with Crippen LogP contribution in [0.15, 0.2) is 59.1 Å². The maximum absolute atomic E-state index is 12.0. The van der Waals surface area contributed by atoms with Gasteiger partial charge in [0.05, 0.1) is 12.3 Å². The third-order valence-electron chi connectivity index (χ3n) is 2.99. The van der Waals surface area contributed by atoms with Crippen molar-refractivity contribution >= 4 is 10.0 Å². The molecule has 1 N–H and O–H groups in total. The zero-order valence-electron chi connectivity index (χ0n) is 12.1. The molecule has 0 bridgehead atoms. The summed E-state index contributed by atoms with van der Waals surface area (Å²) < 4.78 is 31.9. The minimum Gasteiger partial charge on any atom is -0.418 e. The smallest absolute Gasteiger partial charge is 0.266 e. The van der Waals surface area contributed by atoms with Gasteiger partial charge in [-0.2, -0.15) is 0 Å². The Morgan fingerprint density at radius 3 is 2.52 bits per heavy atom. The fraction of sp³-hybridized carbons (Fsp3) is 0.133. The second kappa shape index (κ2) is 6.67. The van der Waals surface area contributed by atoms with Crippen molar-refractivity contribution in [3.63, 3.8) is 0 Å². The molecule has 0 unspecified atom stereocenters. The summed E-state index contributed by atoms with van der Waals surface area (Å²) in [4.78, 5) is 4.09. The molecule has 0 spiro atoms. The first-order valence-electron chi connectivity index (χ1n) is 6.87.